The molecule has 1 aliphatic rings. The molecule has 1 atom stereocenters. The molecule has 2 aromatic carbocycles. The maximum Gasteiger partial charge on any atom is 0.315 e. The first-order chi connectivity index (χ1) is 13.8. The van der Waals surface area contributed by atoms with Crippen LogP contribution < -0.4 is 10.6 Å². The molecule has 0 spiro atoms. The molecular weight excluding hydrogens is 350 g/mol. The van der Waals surface area contributed by atoms with E-state index in [1.807, 2.05) is 24.3 Å². The average Bonchev–Trinajstić information content (AvgIpc) is 2.74. The van der Waals surface area contributed by atoms with Crippen LogP contribution in [0.25, 0.3) is 0 Å². The van der Waals surface area contributed by atoms with Crippen molar-refractivity contribution >= 4 is 6.03 Å². The Morgan fingerprint density at radius 3 is 2.43 bits per heavy atom. The monoisotopic (exact) mass is 381 g/mol. The molecule has 150 valence electrons. The van der Waals surface area contributed by atoms with Crippen molar-refractivity contribution in [2.75, 3.05) is 26.3 Å². The molecule has 1 saturated heterocycles. The third kappa shape index (κ3) is 6.08. The second kappa shape index (κ2) is 10.8. The van der Waals surface area contributed by atoms with Gasteiger partial charge in [-0.2, -0.15) is 0 Å². The molecule has 1 fully saturated rings. The fourth-order valence-corrected chi connectivity index (χ4v) is 3.57. The van der Waals surface area contributed by atoms with Gasteiger partial charge in [0, 0.05) is 26.2 Å². The molecule has 0 aromatic heterocycles. The summed E-state index contributed by atoms with van der Waals surface area (Å²) in [7, 11) is 0. The van der Waals surface area contributed by atoms with Crippen molar-refractivity contribution in [2.45, 2.75) is 38.9 Å². The first-order valence-corrected chi connectivity index (χ1v) is 10.2. The lowest BCUT2D eigenvalue weighted by Gasteiger charge is -2.27. The number of hydrogen-bond donors (Lipinski definition) is 2. The number of benzene rings is 2. The molecular formula is C23H31N3O2. The summed E-state index contributed by atoms with van der Waals surface area (Å²) in [4.78, 5) is 14.9. The van der Waals surface area contributed by atoms with Gasteiger partial charge in [-0.1, -0.05) is 67.9 Å². The second-order valence-corrected chi connectivity index (χ2v) is 7.24. The van der Waals surface area contributed by atoms with E-state index >= 15 is 0 Å². The van der Waals surface area contributed by atoms with Crippen LogP contribution in [0.1, 0.15) is 42.5 Å². The number of urea groups is 1. The van der Waals surface area contributed by atoms with Gasteiger partial charge in [0.15, 0.2) is 0 Å². The minimum Gasteiger partial charge on any atom is -0.379 e. The topological polar surface area (TPSA) is 53.6 Å². The quantitative estimate of drug-likeness (QED) is 0.730. The van der Waals surface area contributed by atoms with Crippen LogP contribution in [0.3, 0.4) is 0 Å². The molecule has 2 amide bonds. The summed E-state index contributed by atoms with van der Waals surface area (Å²) in [5.74, 6) is 0. The maximum atomic E-state index is 12.5. The third-order valence-electron chi connectivity index (χ3n) is 5.14. The van der Waals surface area contributed by atoms with Gasteiger partial charge in [-0.25, -0.2) is 4.79 Å². The van der Waals surface area contributed by atoms with Gasteiger partial charge < -0.3 is 15.4 Å². The number of carbonyl (C=O) groups excluding carboxylic acids is 1. The van der Waals surface area contributed by atoms with E-state index in [0.29, 0.717) is 6.54 Å². The lowest BCUT2D eigenvalue weighted by molar-refractivity contribution is 0.0341. The number of ether oxygens (including phenoxy) is 1. The van der Waals surface area contributed by atoms with Gasteiger partial charge >= 0.3 is 6.03 Å². The molecule has 0 bridgehead atoms. The summed E-state index contributed by atoms with van der Waals surface area (Å²) in [5, 5.41) is 6.17. The zero-order valence-electron chi connectivity index (χ0n) is 16.7. The van der Waals surface area contributed by atoms with Gasteiger partial charge in [0.25, 0.3) is 0 Å². The molecule has 1 aliphatic heterocycles. The molecule has 0 unspecified atom stereocenters. The van der Waals surface area contributed by atoms with Crippen LogP contribution in [0.5, 0.6) is 0 Å². The van der Waals surface area contributed by atoms with Crippen LogP contribution in [0, 0.1) is 0 Å². The van der Waals surface area contributed by atoms with E-state index in [9.17, 15) is 4.79 Å². The highest BCUT2D eigenvalue weighted by Gasteiger charge is 2.15. The minimum absolute atomic E-state index is 0.0368. The first kappa shape index (κ1) is 20.4. The first-order valence-electron chi connectivity index (χ1n) is 10.2. The summed E-state index contributed by atoms with van der Waals surface area (Å²) in [6.45, 7) is 7.06. The van der Waals surface area contributed by atoms with Gasteiger partial charge in [0.2, 0.25) is 0 Å². The summed E-state index contributed by atoms with van der Waals surface area (Å²) in [6, 6.07) is 18.4. The average molecular weight is 382 g/mol. The van der Waals surface area contributed by atoms with E-state index in [1.54, 1.807) is 0 Å². The van der Waals surface area contributed by atoms with Gasteiger partial charge in [-0.05, 0) is 23.1 Å². The number of rotatable bonds is 8. The van der Waals surface area contributed by atoms with Gasteiger partial charge in [0.1, 0.15) is 0 Å². The number of amides is 2. The molecule has 0 aliphatic carbocycles. The molecule has 5 nitrogen and oxygen atoms in total. The Bertz CT molecular complexity index is 730. The van der Waals surface area contributed by atoms with Crippen molar-refractivity contribution in [1.29, 1.82) is 0 Å². The van der Waals surface area contributed by atoms with Crippen molar-refractivity contribution in [1.82, 2.24) is 15.5 Å². The standard InChI is InChI=1S/C23H31N3O2/c1-2-8-22(19-9-4-3-5-10-19)25-23(27)24-17-20-11-6-7-12-21(20)18-26-13-15-28-16-14-26/h3-7,9-12,22H,2,8,13-18H2,1H3,(H2,24,25,27)/t22-/m1/s1. The van der Waals surface area contributed by atoms with Crippen molar-refractivity contribution in [3.8, 4) is 0 Å². The van der Waals surface area contributed by atoms with Crippen LogP contribution in [-0.2, 0) is 17.8 Å². The SMILES string of the molecule is CCC[C@@H](NC(=O)NCc1ccccc1CN1CCOCC1)c1ccccc1. The lowest BCUT2D eigenvalue weighted by atomic mass is 10.0. The number of carbonyl (C=O) groups is 1. The lowest BCUT2D eigenvalue weighted by Crippen LogP contribution is -2.38. The van der Waals surface area contributed by atoms with E-state index in [1.165, 1.54) is 5.56 Å². The van der Waals surface area contributed by atoms with E-state index in [-0.39, 0.29) is 12.1 Å². The predicted octanol–water partition coefficient (Wildman–Crippen LogP) is 3.86. The molecule has 28 heavy (non-hydrogen) atoms. The normalized spacial score (nSPS) is 15.8. The highest BCUT2D eigenvalue weighted by Crippen LogP contribution is 2.18. The zero-order valence-corrected chi connectivity index (χ0v) is 16.7. The summed E-state index contributed by atoms with van der Waals surface area (Å²) >= 11 is 0. The summed E-state index contributed by atoms with van der Waals surface area (Å²) < 4.78 is 5.43. The largest absolute Gasteiger partial charge is 0.379 e. The second-order valence-electron chi connectivity index (χ2n) is 7.24. The minimum atomic E-state index is -0.122. The number of nitrogens with zero attached hydrogens (tertiary/aromatic N) is 1. The molecule has 5 heteroatoms. The van der Waals surface area contributed by atoms with Gasteiger partial charge in [-0.3, -0.25) is 4.90 Å². The molecule has 0 saturated carbocycles. The van der Waals surface area contributed by atoms with E-state index in [0.717, 1.165) is 56.8 Å². The number of nitrogens with one attached hydrogen (secondary N) is 2. The number of morpholine rings is 1. The maximum absolute atomic E-state index is 12.5. The van der Waals surface area contributed by atoms with E-state index in [2.05, 4.69) is 52.8 Å². The molecule has 0 radical (unpaired) electrons. The van der Waals surface area contributed by atoms with Crippen LogP contribution >= 0.6 is 0 Å². The molecule has 3 rings (SSSR count). The Morgan fingerprint density at radius 1 is 1.04 bits per heavy atom. The Hall–Kier alpha value is -2.37. The van der Waals surface area contributed by atoms with Crippen molar-refractivity contribution in [3.05, 3.63) is 71.3 Å². The van der Waals surface area contributed by atoms with Crippen LogP contribution in [0.15, 0.2) is 54.6 Å². The summed E-state index contributed by atoms with van der Waals surface area (Å²) in [6.07, 6.45) is 1.94. The fraction of sp³-hybridized carbons (Fsp3) is 0.435. The smallest absolute Gasteiger partial charge is 0.315 e. The fourth-order valence-electron chi connectivity index (χ4n) is 3.57. The Kier molecular flexibility index (Phi) is 7.88. The van der Waals surface area contributed by atoms with Crippen LogP contribution in [-0.4, -0.2) is 37.2 Å². The van der Waals surface area contributed by atoms with Crippen LogP contribution in [0.4, 0.5) is 4.79 Å². The molecule has 1 heterocycles. The molecule has 2 aromatic rings. The Balaban J connectivity index is 1.56. The van der Waals surface area contributed by atoms with Gasteiger partial charge in [0.05, 0.1) is 19.3 Å². The zero-order chi connectivity index (χ0) is 19.6. The number of hydrogen-bond acceptors (Lipinski definition) is 3. The van der Waals surface area contributed by atoms with Gasteiger partial charge in [-0.15, -0.1) is 0 Å². The third-order valence-corrected chi connectivity index (χ3v) is 5.14. The highest BCUT2D eigenvalue weighted by molar-refractivity contribution is 5.74. The van der Waals surface area contributed by atoms with Crippen LogP contribution in [0.2, 0.25) is 0 Å². The highest BCUT2D eigenvalue weighted by atomic mass is 16.5. The van der Waals surface area contributed by atoms with Crippen molar-refractivity contribution < 1.29 is 9.53 Å². The van der Waals surface area contributed by atoms with E-state index < -0.39 is 0 Å². The molecule has 2 N–H and O–H groups in total. The summed E-state index contributed by atoms with van der Waals surface area (Å²) in [5.41, 5.74) is 3.57. The van der Waals surface area contributed by atoms with Crippen molar-refractivity contribution in [2.24, 2.45) is 0 Å². The van der Waals surface area contributed by atoms with E-state index in [4.69, 9.17) is 4.74 Å². The van der Waals surface area contributed by atoms with Crippen molar-refractivity contribution in [3.63, 3.8) is 0 Å². The Labute approximate surface area is 168 Å². The predicted molar refractivity (Wildman–Crippen MR) is 112 cm³/mol. The Morgan fingerprint density at radius 2 is 1.71 bits per heavy atom.